The number of carbonyl (C=O) groups is 1. The fourth-order valence-electron chi connectivity index (χ4n) is 3.90. The van der Waals surface area contributed by atoms with Crippen molar-refractivity contribution in [2.45, 2.75) is 49.7 Å². The summed E-state index contributed by atoms with van der Waals surface area (Å²) in [5, 5.41) is 13.6. The predicted octanol–water partition coefficient (Wildman–Crippen LogP) is 4.79. The van der Waals surface area contributed by atoms with Crippen molar-refractivity contribution in [1.29, 1.82) is 0 Å². The average Bonchev–Trinajstić information content (AvgIpc) is 3.16. The van der Waals surface area contributed by atoms with Crippen LogP contribution in [0.25, 0.3) is 10.9 Å². The number of thioether (sulfide) groups is 1. The number of aromatic nitrogens is 4. The van der Waals surface area contributed by atoms with Crippen LogP contribution in [0.3, 0.4) is 0 Å². The SMILES string of the molecule is C=CCn1c(SCC(=O)Nc2cccc3ncccc23)nnc1C1CCCCC1. The number of anilines is 1. The number of allylic oxidation sites excluding steroid dienone is 1. The topological polar surface area (TPSA) is 72.7 Å². The molecular formula is C22H25N5OS. The molecule has 4 rings (SSSR count). The monoisotopic (exact) mass is 407 g/mol. The number of nitrogens with zero attached hydrogens (tertiary/aromatic N) is 4. The molecule has 7 heteroatoms. The molecule has 1 saturated carbocycles. The highest BCUT2D eigenvalue weighted by atomic mass is 32.2. The summed E-state index contributed by atoms with van der Waals surface area (Å²) in [4.78, 5) is 16.9. The second-order valence-electron chi connectivity index (χ2n) is 7.29. The van der Waals surface area contributed by atoms with Crippen LogP contribution in [-0.4, -0.2) is 31.4 Å². The summed E-state index contributed by atoms with van der Waals surface area (Å²) in [5.74, 6) is 1.70. The first-order chi connectivity index (χ1) is 14.3. The summed E-state index contributed by atoms with van der Waals surface area (Å²) in [6, 6.07) is 9.56. The summed E-state index contributed by atoms with van der Waals surface area (Å²) in [7, 11) is 0. The Bertz CT molecular complexity index is 1000. The summed E-state index contributed by atoms with van der Waals surface area (Å²) < 4.78 is 2.11. The van der Waals surface area contributed by atoms with Crippen LogP contribution in [0.2, 0.25) is 0 Å². The summed E-state index contributed by atoms with van der Waals surface area (Å²) >= 11 is 1.42. The first-order valence-corrected chi connectivity index (χ1v) is 11.0. The molecule has 0 saturated heterocycles. The van der Waals surface area contributed by atoms with Crippen LogP contribution < -0.4 is 5.32 Å². The molecule has 1 aliphatic carbocycles. The van der Waals surface area contributed by atoms with Gasteiger partial charge in [0.1, 0.15) is 5.82 Å². The first-order valence-electron chi connectivity index (χ1n) is 10.1. The second-order valence-corrected chi connectivity index (χ2v) is 8.23. The maximum atomic E-state index is 12.6. The molecule has 0 radical (unpaired) electrons. The van der Waals surface area contributed by atoms with Gasteiger partial charge in [-0.05, 0) is 37.1 Å². The van der Waals surface area contributed by atoms with E-state index in [1.165, 1.54) is 31.0 Å². The molecule has 3 aromatic rings. The minimum atomic E-state index is -0.0706. The zero-order valence-electron chi connectivity index (χ0n) is 16.4. The van der Waals surface area contributed by atoms with Crippen molar-refractivity contribution in [2.75, 3.05) is 11.1 Å². The van der Waals surface area contributed by atoms with Crippen LogP contribution in [0.15, 0.2) is 54.3 Å². The Kier molecular flexibility index (Phi) is 6.24. The Labute approximate surface area is 174 Å². The van der Waals surface area contributed by atoms with Crippen molar-refractivity contribution < 1.29 is 4.79 Å². The van der Waals surface area contributed by atoms with Crippen molar-refractivity contribution in [3.63, 3.8) is 0 Å². The van der Waals surface area contributed by atoms with Gasteiger partial charge >= 0.3 is 0 Å². The van der Waals surface area contributed by atoms with Gasteiger partial charge in [0.2, 0.25) is 5.91 Å². The number of carbonyl (C=O) groups excluding carboxylic acids is 1. The van der Waals surface area contributed by atoms with E-state index in [-0.39, 0.29) is 11.7 Å². The number of hydrogen-bond donors (Lipinski definition) is 1. The molecule has 0 atom stereocenters. The molecule has 150 valence electrons. The largest absolute Gasteiger partial charge is 0.325 e. The van der Waals surface area contributed by atoms with E-state index in [0.29, 0.717) is 12.5 Å². The smallest absolute Gasteiger partial charge is 0.234 e. The third-order valence-corrected chi connectivity index (χ3v) is 6.25. The predicted molar refractivity (Wildman–Crippen MR) is 117 cm³/mol. The normalized spacial score (nSPS) is 14.8. The Morgan fingerprint density at radius 3 is 2.90 bits per heavy atom. The highest BCUT2D eigenvalue weighted by Crippen LogP contribution is 2.33. The lowest BCUT2D eigenvalue weighted by atomic mass is 9.89. The van der Waals surface area contributed by atoms with Crippen LogP contribution in [0.1, 0.15) is 43.8 Å². The van der Waals surface area contributed by atoms with Crippen LogP contribution in [-0.2, 0) is 11.3 Å². The van der Waals surface area contributed by atoms with Crippen molar-refractivity contribution >= 4 is 34.3 Å². The van der Waals surface area contributed by atoms with Gasteiger partial charge in [0.25, 0.3) is 0 Å². The second kappa shape index (κ2) is 9.22. The Balaban J connectivity index is 1.45. The zero-order valence-corrected chi connectivity index (χ0v) is 17.2. The maximum Gasteiger partial charge on any atom is 0.234 e. The number of hydrogen-bond acceptors (Lipinski definition) is 5. The van der Waals surface area contributed by atoms with Crippen molar-refractivity contribution in [2.24, 2.45) is 0 Å². The van der Waals surface area contributed by atoms with Crippen LogP contribution >= 0.6 is 11.8 Å². The molecule has 0 spiro atoms. The van der Waals surface area contributed by atoms with E-state index in [0.717, 1.165) is 40.4 Å². The Morgan fingerprint density at radius 1 is 1.21 bits per heavy atom. The number of benzene rings is 1. The molecule has 1 N–H and O–H groups in total. The third kappa shape index (κ3) is 4.50. The van der Waals surface area contributed by atoms with Crippen molar-refractivity contribution in [3.8, 4) is 0 Å². The van der Waals surface area contributed by atoms with Gasteiger partial charge in [0, 0.05) is 24.0 Å². The molecule has 1 amide bonds. The van der Waals surface area contributed by atoms with E-state index in [4.69, 9.17) is 0 Å². The minimum Gasteiger partial charge on any atom is -0.325 e. The van der Waals surface area contributed by atoms with Gasteiger partial charge < -0.3 is 9.88 Å². The highest BCUT2D eigenvalue weighted by molar-refractivity contribution is 7.99. The Hall–Kier alpha value is -2.67. The van der Waals surface area contributed by atoms with Crippen LogP contribution in [0.4, 0.5) is 5.69 Å². The number of fused-ring (bicyclic) bond motifs is 1. The van der Waals surface area contributed by atoms with Gasteiger partial charge in [-0.3, -0.25) is 9.78 Å². The van der Waals surface area contributed by atoms with Gasteiger partial charge in [-0.2, -0.15) is 0 Å². The molecular weight excluding hydrogens is 382 g/mol. The van der Waals surface area contributed by atoms with Crippen molar-refractivity contribution in [3.05, 3.63) is 55.0 Å². The van der Waals surface area contributed by atoms with E-state index in [1.54, 1.807) is 6.20 Å². The number of amides is 1. The lowest BCUT2D eigenvalue weighted by Gasteiger charge is -2.21. The zero-order chi connectivity index (χ0) is 20.1. The van der Waals surface area contributed by atoms with Gasteiger partial charge in [-0.1, -0.05) is 43.2 Å². The first kappa shape index (κ1) is 19.6. The van der Waals surface area contributed by atoms with E-state index < -0.39 is 0 Å². The third-order valence-electron chi connectivity index (χ3n) is 5.28. The van der Waals surface area contributed by atoms with Crippen LogP contribution in [0.5, 0.6) is 0 Å². The lowest BCUT2D eigenvalue weighted by molar-refractivity contribution is -0.113. The number of rotatable bonds is 7. The summed E-state index contributed by atoms with van der Waals surface area (Å²) in [6.45, 7) is 4.54. The standard InChI is InChI=1S/C22H25N5OS/c1-2-14-27-21(16-8-4-3-5-9-16)25-26-22(27)29-15-20(28)24-19-12-6-11-18-17(19)10-7-13-23-18/h2,6-7,10-13,16H,1,3-5,8-9,14-15H2,(H,24,28). The molecule has 2 aromatic heterocycles. The highest BCUT2D eigenvalue weighted by Gasteiger charge is 2.23. The molecule has 0 aliphatic heterocycles. The lowest BCUT2D eigenvalue weighted by Crippen LogP contribution is -2.16. The number of pyridine rings is 1. The quantitative estimate of drug-likeness (QED) is 0.450. The summed E-state index contributed by atoms with van der Waals surface area (Å²) in [6.07, 6.45) is 9.73. The molecule has 29 heavy (non-hydrogen) atoms. The van der Waals surface area contributed by atoms with Gasteiger partial charge in [0.15, 0.2) is 5.16 Å². The molecule has 6 nitrogen and oxygen atoms in total. The number of nitrogens with one attached hydrogen (secondary N) is 1. The Morgan fingerprint density at radius 2 is 2.07 bits per heavy atom. The molecule has 0 unspecified atom stereocenters. The molecule has 2 heterocycles. The molecule has 1 aromatic carbocycles. The van der Waals surface area contributed by atoms with Gasteiger partial charge in [0.05, 0.1) is 17.0 Å². The summed E-state index contributed by atoms with van der Waals surface area (Å²) in [5.41, 5.74) is 1.64. The fourth-order valence-corrected chi connectivity index (χ4v) is 4.65. The van der Waals surface area contributed by atoms with Crippen LogP contribution in [0, 0.1) is 0 Å². The average molecular weight is 408 g/mol. The van der Waals surface area contributed by atoms with Gasteiger partial charge in [-0.15, -0.1) is 16.8 Å². The van der Waals surface area contributed by atoms with Crippen molar-refractivity contribution in [1.82, 2.24) is 19.7 Å². The van der Waals surface area contributed by atoms with Gasteiger partial charge in [-0.25, -0.2) is 0 Å². The fraction of sp³-hybridized carbons (Fsp3) is 0.364. The maximum absolute atomic E-state index is 12.6. The van der Waals surface area contributed by atoms with E-state index in [1.807, 2.05) is 36.4 Å². The minimum absolute atomic E-state index is 0.0706. The van der Waals surface area contributed by atoms with E-state index in [2.05, 4.69) is 31.6 Å². The van der Waals surface area contributed by atoms with E-state index in [9.17, 15) is 4.79 Å². The molecule has 0 bridgehead atoms. The molecule has 1 fully saturated rings. The van der Waals surface area contributed by atoms with E-state index >= 15 is 0 Å². The molecule has 1 aliphatic rings.